The van der Waals surface area contributed by atoms with Gasteiger partial charge in [0.25, 0.3) is 11.8 Å². The maximum Gasteiger partial charge on any atom is 0.491 e. The Bertz CT molecular complexity index is 1630. The number of fused-ring (bicyclic) bond motifs is 2. The van der Waals surface area contributed by atoms with E-state index in [9.17, 15) is 34.3 Å². The number of pyridine rings is 1. The molecule has 6 rings (SSSR count). The lowest BCUT2D eigenvalue weighted by molar-refractivity contribution is -0.138. The first-order valence-electron chi connectivity index (χ1n) is 14.1. The number of hydrogen-bond donors (Lipinski definition) is 5. The fourth-order valence-corrected chi connectivity index (χ4v) is 5.83. The van der Waals surface area contributed by atoms with Crippen molar-refractivity contribution >= 4 is 48.9 Å². The van der Waals surface area contributed by atoms with Crippen LogP contribution in [0.5, 0.6) is 0 Å². The minimum atomic E-state index is -1.17. The standard InChI is InChI=1S/C29H28B2N4O9/c36-26(37)11-24(18-2-1-7-32-12-18)34-28(39)25-10-21(33-27(38)16-3-5-19-14-43-30(41)22(19)8-16)13-35(25)29(40)17-4-6-20-15-44-31(42)23(20)9-17/h1-9,12,21,24-25,41-42H,10-11,13-15H2,(H,33,38)(H,34,39)(H,36,37)/t21-,24+,25+/m1/s1. The van der Waals surface area contributed by atoms with Crippen LogP contribution in [0.4, 0.5) is 0 Å². The highest BCUT2D eigenvalue weighted by Crippen LogP contribution is 2.25. The Balaban J connectivity index is 1.25. The van der Waals surface area contributed by atoms with Crippen molar-refractivity contribution in [3.05, 3.63) is 88.7 Å². The minimum Gasteiger partial charge on any atom is -0.481 e. The number of carbonyl (C=O) groups is 4. The fraction of sp³-hybridized carbons (Fsp3) is 0.276. The third kappa shape index (κ3) is 5.95. The van der Waals surface area contributed by atoms with E-state index in [-0.39, 0.29) is 37.3 Å². The van der Waals surface area contributed by atoms with E-state index in [4.69, 9.17) is 9.31 Å². The van der Waals surface area contributed by atoms with Crippen LogP contribution in [-0.2, 0) is 32.1 Å². The first-order valence-corrected chi connectivity index (χ1v) is 14.1. The van der Waals surface area contributed by atoms with Gasteiger partial charge in [-0.05, 0) is 64.4 Å². The summed E-state index contributed by atoms with van der Waals surface area (Å²) in [5, 5.41) is 35.4. The third-order valence-electron chi connectivity index (χ3n) is 8.11. The normalized spacial score (nSPS) is 19.4. The van der Waals surface area contributed by atoms with Gasteiger partial charge in [-0.2, -0.15) is 0 Å². The summed E-state index contributed by atoms with van der Waals surface area (Å²) in [4.78, 5) is 57.8. The van der Waals surface area contributed by atoms with Crippen molar-refractivity contribution in [2.45, 2.75) is 44.2 Å². The number of carboxylic acids is 1. The molecule has 0 radical (unpaired) electrons. The molecule has 2 aromatic carbocycles. The quantitative estimate of drug-likeness (QED) is 0.199. The molecule has 0 bridgehead atoms. The molecule has 1 aromatic heterocycles. The first-order chi connectivity index (χ1) is 21.2. The molecule has 3 atom stereocenters. The summed E-state index contributed by atoms with van der Waals surface area (Å²) in [7, 11) is -2.30. The zero-order valence-corrected chi connectivity index (χ0v) is 23.4. The molecule has 5 N–H and O–H groups in total. The van der Waals surface area contributed by atoms with Crippen LogP contribution >= 0.6 is 0 Å². The molecular weight excluding hydrogens is 570 g/mol. The van der Waals surface area contributed by atoms with Crippen molar-refractivity contribution < 1.29 is 43.6 Å². The molecule has 15 heteroatoms. The Morgan fingerprint density at radius 2 is 1.64 bits per heavy atom. The molecule has 44 heavy (non-hydrogen) atoms. The molecule has 0 unspecified atom stereocenters. The molecule has 3 aromatic rings. The van der Waals surface area contributed by atoms with Crippen LogP contribution in [0.1, 0.15) is 56.3 Å². The van der Waals surface area contributed by atoms with E-state index in [1.807, 2.05) is 0 Å². The third-order valence-corrected chi connectivity index (χ3v) is 8.11. The lowest BCUT2D eigenvalue weighted by atomic mass is 9.78. The highest BCUT2D eigenvalue weighted by Gasteiger charge is 2.42. The van der Waals surface area contributed by atoms with E-state index in [1.54, 1.807) is 42.5 Å². The van der Waals surface area contributed by atoms with Crippen LogP contribution in [0.25, 0.3) is 0 Å². The van der Waals surface area contributed by atoms with Gasteiger partial charge < -0.3 is 40.0 Å². The summed E-state index contributed by atoms with van der Waals surface area (Å²) >= 11 is 0. The van der Waals surface area contributed by atoms with Crippen LogP contribution in [0, 0.1) is 0 Å². The number of carboxylic acid groups (broad SMARTS) is 1. The van der Waals surface area contributed by atoms with E-state index in [1.165, 1.54) is 23.4 Å². The summed E-state index contributed by atoms with van der Waals surface area (Å²) in [6.07, 6.45) is 2.64. The zero-order chi connectivity index (χ0) is 31.0. The second kappa shape index (κ2) is 12.2. The number of likely N-dealkylation sites (tertiary alicyclic amines) is 1. The van der Waals surface area contributed by atoms with Crippen LogP contribution < -0.4 is 21.6 Å². The molecule has 0 aliphatic carbocycles. The largest absolute Gasteiger partial charge is 0.491 e. The molecule has 3 aliphatic heterocycles. The maximum atomic E-state index is 13.8. The van der Waals surface area contributed by atoms with Crippen molar-refractivity contribution in [2.24, 2.45) is 0 Å². The Morgan fingerprint density at radius 1 is 0.977 bits per heavy atom. The topological polar surface area (TPSA) is 188 Å². The average molecular weight is 598 g/mol. The first kappa shape index (κ1) is 29.5. The lowest BCUT2D eigenvalue weighted by Crippen LogP contribution is -2.47. The molecule has 3 amide bonds. The van der Waals surface area contributed by atoms with E-state index in [0.717, 1.165) is 11.1 Å². The predicted molar refractivity (Wildman–Crippen MR) is 156 cm³/mol. The zero-order valence-electron chi connectivity index (χ0n) is 23.4. The molecule has 224 valence electrons. The van der Waals surface area contributed by atoms with Gasteiger partial charge in [0.15, 0.2) is 0 Å². The Kier molecular flexibility index (Phi) is 8.19. The number of nitrogens with one attached hydrogen (secondary N) is 2. The van der Waals surface area contributed by atoms with Crippen molar-refractivity contribution in [2.75, 3.05) is 6.54 Å². The second-order valence-corrected chi connectivity index (χ2v) is 11.0. The highest BCUT2D eigenvalue weighted by atomic mass is 16.5. The smallest absolute Gasteiger partial charge is 0.481 e. The average Bonchev–Trinajstić information content (AvgIpc) is 3.73. The van der Waals surface area contributed by atoms with Gasteiger partial charge >= 0.3 is 20.2 Å². The van der Waals surface area contributed by atoms with E-state index in [2.05, 4.69) is 15.6 Å². The van der Waals surface area contributed by atoms with E-state index in [0.29, 0.717) is 16.5 Å². The number of nitrogens with zero attached hydrogens (tertiary/aromatic N) is 2. The fourth-order valence-electron chi connectivity index (χ4n) is 5.83. The minimum absolute atomic E-state index is 0.00797. The van der Waals surface area contributed by atoms with E-state index >= 15 is 0 Å². The summed E-state index contributed by atoms with van der Waals surface area (Å²) in [6.45, 7) is 0.438. The second-order valence-electron chi connectivity index (χ2n) is 11.0. The molecule has 1 fully saturated rings. The monoisotopic (exact) mass is 598 g/mol. The SMILES string of the molecule is O=C(O)C[C@H](NC(=O)[C@@H]1C[C@@H](NC(=O)c2ccc3c(c2)B(O)OC3)CN1C(=O)c1ccc2c(c1)B(O)OC2)c1cccnc1. The number of rotatable bonds is 8. The van der Waals surface area contributed by atoms with Crippen LogP contribution in [0.15, 0.2) is 60.9 Å². The number of benzene rings is 2. The number of aromatic nitrogens is 1. The molecule has 0 spiro atoms. The van der Waals surface area contributed by atoms with Gasteiger partial charge in [-0.15, -0.1) is 0 Å². The van der Waals surface area contributed by atoms with Crippen molar-refractivity contribution in [1.82, 2.24) is 20.5 Å². The van der Waals surface area contributed by atoms with Crippen molar-refractivity contribution in [3.8, 4) is 0 Å². The van der Waals surface area contributed by atoms with Crippen LogP contribution in [0.3, 0.4) is 0 Å². The molecular formula is C29H28B2N4O9. The van der Waals surface area contributed by atoms with Crippen LogP contribution in [0.2, 0.25) is 0 Å². The predicted octanol–water partition coefficient (Wildman–Crippen LogP) is -1.14. The molecule has 13 nitrogen and oxygen atoms in total. The van der Waals surface area contributed by atoms with E-state index < -0.39 is 62.5 Å². The number of aliphatic carboxylic acids is 1. The molecule has 4 heterocycles. The van der Waals surface area contributed by atoms with Gasteiger partial charge in [-0.1, -0.05) is 18.2 Å². The Hall–Kier alpha value is -4.56. The molecule has 0 saturated carbocycles. The Labute approximate surface area is 252 Å². The van der Waals surface area contributed by atoms with Crippen molar-refractivity contribution in [1.29, 1.82) is 0 Å². The van der Waals surface area contributed by atoms with Crippen LogP contribution in [-0.4, -0.2) is 81.6 Å². The van der Waals surface area contributed by atoms with Gasteiger partial charge in [-0.3, -0.25) is 24.2 Å². The summed E-state index contributed by atoms with van der Waals surface area (Å²) < 4.78 is 10.4. The Morgan fingerprint density at radius 3 is 2.27 bits per heavy atom. The van der Waals surface area contributed by atoms with Gasteiger partial charge in [0.1, 0.15) is 6.04 Å². The summed E-state index contributed by atoms with van der Waals surface area (Å²) in [6, 6.07) is 10.3. The van der Waals surface area contributed by atoms with Gasteiger partial charge in [0, 0.05) is 36.1 Å². The van der Waals surface area contributed by atoms with Crippen molar-refractivity contribution in [3.63, 3.8) is 0 Å². The highest BCUT2D eigenvalue weighted by molar-refractivity contribution is 6.62. The lowest BCUT2D eigenvalue weighted by Gasteiger charge is -2.26. The summed E-state index contributed by atoms with van der Waals surface area (Å²) in [5.74, 6) is -2.68. The van der Waals surface area contributed by atoms with Gasteiger partial charge in [-0.25, -0.2) is 0 Å². The van der Waals surface area contributed by atoms with Gasteiger partial charge in [0.05, 0.1) is 25.7 Å². The summed E-state index contributed by atoms with van der Waals surface area (Å²) in [5.41, 5.74) is 3.47. The number of hydrogen-bond acceptors (Lipinski definition) is 9. The maximum absolute atomic E-state index is 13.8. The molecule has 3 aliphatic rings. The van der Waals surface area contributed by atoms with Gasteiger partial charge in [0.2, 0.25) is 5.91 Å². The molecule has 1 saturated heterocycles. The number of carbonyl (C=O) groups excluding carboxylic acids is 3. The number of amides is 3.